The average molecular weight is 496 g/mol. The lowest BCUT2D eigenvalue weighted by Gasteiger charge is -2.35. The van der Waals surface area contributed by atoms with E-state index in [1.54, 1.807) is 11.1 Å². The van der Waals surface area contributed by atoms with Crippen LogP contribution < -0.4 is 5.32 Å². The molecule has 4 aromatic rings. The van der Waals surface area contributed by atoms with E-state index in [0.717, 1.165) is 65.8 Å². The van der Waals surface area contributed by atoms with Crippen LogP contribution in [0.4, 0.5) is 5.82 Å². The molecule has 188 valence electrons. The molecule has 0 aliphatic carbocycles. The fourth-order valence-corrected chi connectivity index (χ4v) is 5.46. The highest BCUT2D eigenvalue weighted by atomic mass is 16.4. The Kier molecular flexibility index (Phi) is 6.08. The van der Waals surface area contributed by atoms with Gasteiger partial charge in [0, 0.05) is 43.1 Å². The number of carbonyl (C=O) groups excluding carboxylic acids is 1. The van der Waals surface area contributed by atoms with Gasteiger partial charge in [-0.15, -0.1) is 0 Å². The number of hydrogen-bond acceptors (Lipinski definition) is 5. The second kappa shape index (κ2) is 9.69. The Bertz CT molecular complexity index is 1490. The molecule has 1 unspecified atom stereocenters. The standard InChI is InChI=1S/C29H29N5O3/c35-27(36)16-25(22-15-21-4-1-2-6-24(21)31-17-22)34-13-12-33-18-19(14-26(33)29(34)37)7-9-23-10-8-20-5-3-11-30-28(20)32-23/h1-2,4,6,8,10,14-15,17-18,25H,3,5,7,9,11-13,16H2,(H,30,32)(H,35,36). The van der Waals surface area contributed by atoms with Crippen LogP contribution in [-0.4, -0.2) is 49.5 Å². The molecular weight excluding hydrogens is 466 g/mol. The molecule has 0 spiro atoms. The zero-order chi connectivity index (χ0) is 25.4. The van der Waals surface area contributed by atoms with Crippen LogP contribution in [0.15, 0.2) is 60.9 Å². The average Bonchev–Trinajstić information content (AvgIpc) is 3.35. The first-order chi connectivity index (χ1) is 18.0. The zero-order valence-electron chi connectivity index (χ0n) is 20.6. The monoisotopic (exact) mass is 495 g/mol. The van der Waals surface area contributed by atoms with Gasteiger partial charge in [-0.05, 0) is 66.6 Å². The number of fused-ring (bicyclic) bond motifs is 3. The molecule has 5 heterocycles. The summed E-state index contributed by atoms with van der Waals surface area (Å²) in [7, 11) is 0. The summed E-state index contributed by atoms with van der Waals surface area (Å²) in [5.41, 5.74) is 5.58. The summed E-state index contributed by atoms with van der Waals surface area (Å²) in [6.07, 6.45) is 7.36. The van der Waals surface area contributed by atoms with E-state index in [1.807, 2.05) is 47.2 Å². The van der Waals surface area contributed by atoms with Gasteiger partial charge in [-0.2, -0.15) is 0 Å². The number of pyridine rings is 2. The number of carboxylic acid groups (broad SMARTS) is 1. The van der Waals surface area contributed by atoms with Gasteiger partial charge in [0.15, 0.2) is 0 Å². The number of carboxylic acids is 1. The minimum Gasteiger partial charge on any atom is -0.481 e. The van der Waals surface area contributed by atoms with Crippen LogP contribution in [0.1, 0.15) is 51.8 Å². The van der Waals surface area contributed by atoms with Gasteiger partial charge in [-0.1, -0.05) is 24.3 Å². The Balaban J connectivity index is 1.22. The quantitative estimate of drug-likeness (QED) is 0.398. The normalized spacial score (nSPS) is 15.7. The summed E-state index contributed by atoms with van der Waals surface area (Å²) in [6.45, 7) is 2.04. The lowest BCUT2D eigenvalue weighted by atomic mass is 10.0. The van der Waals surface area contributed by atoms with E-state index in [1.165, 1.54) is 5.56 Å². The molecule has 0 bridgehead atoms. The molecule has 0 saturated heterocycles. The fraction of sp³-hybridized carbons (Fsp3) is 0.310. The Morgan fingerprint density at radius 1 is 1.11 bits per heavy atom. The van der Waals surface area contributed by atoms with Crippen molar-refractivity contribution in [2.45, 2.75) is 44.7 Å². The number of para-hydroxylation sites is 1. The number of rotatable bonds is 7. The van der Waals surface area contributed by atoms with Crippen molar-refractivity contribution in [2.24, 2.45) is 0 Å². The SMILES string of the molecule is O=C(O)CC(c1cnc2ccccc2c1)N1CCn2cc(CCc3ccc4c(n3)NCCC4)cc2C1=O. The summed E-state index contributed by atoms with van der Waals surface area (Å²) in [6, 6.07) is 15.3. The van der Waals surface area contributed by atoms with Crippen LogP contribution in [0.2, 0.25) is 0 Å². The smallest absolute Gasteiger partial charge is 0.305 e. The maximum Gasteiger partial charge on any atom is 0.305 e. The topological polar surface area (TPSA) is 100 Å². The number of carbonyl (C=O) groups is 2. The van der Waals surface area contributed by atoms with Crippen LogP contribution in [0, 0.1) is 0 Å². The number of amides is 1. The maximum atomic E-state index is 13.6. The minimum atomic E-state index is -0.945. The highest BCUT2D eigenvalue weighted by Gasteiger charge is 2.33. The number of hydrogen-bond donors (Lipinski definition) is 2. The molecule has 8 heteroatoms. The minimum absolute atomic E-state index is 0.145. The molecule has 1 amide bonds. The zero-order valence-corrected chi connectivity index (χ0v) is 20.6. The van der Waals surface area contributed by atoms with Crippen molar-refractivity contribution >= 4 is 28.6 Å². The lowest BCUT2D eigenvalue weighted by molar-refractivity contribution is -0.138. The molecule has 2 aliphatic rings. The molecule has 3 aromatic heterocycles. The molecule has 1 atom stereocenters. The van der Waals surface area contributed by atoms with Crippen molar-refractivity contribution in [1.82, 2.24) is 19.4 Å². The van der Waals surface area contributed by atoms with Gasteiger partial charge in [-0.3, -0.25) is 14.6 Å². The molecule has 6 rings (SSSR count). The van der Waals surface area contributed by atoms with Crippen molar-refractivity contribution in [2.75, 3.05) is 18.4 Å². The molecule has 0 fully saturated rings. The summed E-state index contributed by atoms with van der Waals surface area (Å²) in [4.78, 5) is 36.4. The van der Waals surface area contributed by atoms with Crippen molar-refractivity contribution in [1.29, 1.82) is 0 Å². The summed E-state index contributed by atoms with van der Waals surface area (Å²) in [5, 5.41) is 14.0. The number of anilines is 1. The van der Waals surface area contributed by atoms with Gasteiger partial charge in [0.05, 0.1) is 18.0 Å². The van der Waals surface area contributed by atoms with Gasteiger partial charge < -0.3 is 19.9 Å². The maximum absolute atomic E-state index is 13.6. The van der Waals surface area contributed by atoms with Crippen LogP contribution in [-0.2, 0) is 30.6 Å². The number of aryl methyl sites for hydroxylation is 3. The van der Waals surface area contributed by atoms with Gasteiger partial charge in [0.1, 0.15) is 11.5 Å². The van der Waals surface area contributed by atoms with Gasteiger partial charge in [-0.25, -0.2) is 4.98 Å². The van der Waals surface area contributed by atoms with Crippen LogP contribution >= 0.6 is 0 Å². The molecule has 8 nitrogen and oxygen atoms in total. The highest BCUT2D eigenvalue weighted by molar-refractivity contribution is 5.94. The first kappa shape index (κ1) is 23.2. The number of nitrogens with one attached hydrogen (secondary N) is 1. The third-order valence-electron chi connectivity index (χ3n) is 7.38. The summed E-state index contributed by atoms with van der Waals surface area (Å²) >= 11 is 0. The van der Waals surface area contributed by atoms with Crippen LogP contribution in [0.3, 0.4) is 0 Å². The number of aliphatic carboxylic acids is 1. The second-order valence-electron chi connectivity index (χ2n) is 9.84. The van der Waals surface area contributed by atoms with E-state index < -0.39 is 12.0 Å². The number of aromatic nitrogens is 3. The Labute approximate surface area is 215 Å². The van der Waals surface area contributed by atoms with Crippen molar-refractivity contribution < 1.29 is 14.7 Å². The Hall–Kier alpha value is -4.20. The van der Waals surface area contributed by atoms with E-state index >= 15 is 0 Å². The highest BCUT2D eigenvalue weighted by Crippen LogP contribution is 2.31. The molecule has 2 N–H and O–H groups in total. The van der Waals surface area contributed by atoms with E-state index in [9.17, 15) is 14.7 Å². The predicted octanol–water partition coefficient (Wildman–Crippen LogP) is 4.25. The summed E-state index contributed by atoms with van der Waals surface area (Å²) < 4.78 is 1.99. The molecular formula is C29H29N5O3. The van der Waals surface area contributed by atoms with Gasteiger partial charge in [0.2, 0.25) is 0 Å². The van der Waals surface area contributed by atoms with Crippen molar-refractivity contribution in [3.05, 3.63) is 89.0 Å². The van der Waals surface area contributed by atoms with E-state index in [0.29, 0.717) is 18.8 Å². The molecule has 0 saturated carbocycles. The number of benzene rings is 1. The third kappa shape index (κ3) is 4.67. The molecule has 37 heavy (non-hydrogen) atoms. The number of nitrogens with zero attached hydrogens (tertiary/aromatic N) is 4. The molecule has 1 aromatic carbocycles. The first-order valence-corrected chi connectivity index (χ1v) is 12.8. The van der Waals surface area contributed by atoms with Crippen molar-refractivity contribution in [3.8, 4) is 0 Å². The molecule has 2 aliphatic heterocycles. The lowest BCUT2D eigenvalue weighted by Crippen LogP contribution is -2.43. The van der Waals surface area contributed by atoms with Gasteiger partial charge in [0.25, 0.3) is 5.91 Å². The summed E-state index contributed by atoms with van der Waals surface area (Å²) in [5.74, 6) is -0.0916. The third-order valence-corrected chi connectivity index (χ3v) is 7.38. The van der Waals surface area contributed by atoms with E-state index in [-0.39, 0.29) is 12.3 Å². The Morgan fingerprint density at radius 3 is 2.89 bits per heavy atom. The predicted molar refractivity (Wildman–Crippen MR) is 141 cm³/mol. The largest absolute Gasteiger partial charge is 0.481 e. The van der Waals surface area contributed by atoms with Crippen LogP contribution in [0.5, 0.6) is 0 Å². The Morgan fingerprint density at radius 2 is 2.00 bits per heavy atom. The van der Waals surface area contributed by atoms with Crippen molar-refractivity contribution in [3.63, 3.8) is 0 Å². The van der Waals surface area contributed by atoms with E-state index in [4.69, 9.17) is 4.98 Å². The van der Waals surface area contributed by atoms with Gasteiger partial charge >= 0.3 is 5.97 Å². The van der Waals surface area contributed by atoms with E-state index in [2.05, 4.69) is 22.4 Å². The van der Waals surface area contributed by atoms with Crippen LogP contribution in [0.25, 0.3) is 10.9 Å². The first-order valence-electron chi connectivity index (χ1n) is 12.8. The molecule has 0 radical (unpaired) electrons. The fourth-order valence-electron chi connectivity index (χ4n) is 5.46. The second-order valence-corrected chi connectivity index (χ2v) is 9.84.